The number of aromatic nitrogens is 3. The Kier molecular flexibility index (Phi) is 8.30. The van der Waals surface area contributed by atoms with E-state index in [0.717, 1.165) is 23.1 Å². The van der Waals surface area contributed by atoms with E-state index in [4.69, 9.17) is 0 Å². The summed E-state index contributed by atoms with van der Waals surface area (Å²) in [5.74, 6) is -0.958. The molecular weight excluding hydrogens is 632 g/mol. The molecule has 1 amide bonds. The Morgan fingerprint density at radius 3 is 2.52 bits per heavy atom. The number of halogens is 1. The Morgan fingerprint density at radius 1 is 1.09 bits per heavy atom. The summed E-state index contributed by atoms with van der Waals surface area (Å²) in [6, 6.07) is 18.9. The van der Waals surface area contributed by atoms with E-state index in [2.05, 4.69) is 20.3 Å². The number of carbonyl (C=O) groups is 1. The zero-order chi connectivity index (χ0) is 32.5. The molecule has 0 bridgehead atoms. The van der Waals surface area contributed by atoms with Crippen molar-refractivity contribution < 1.29 is 14.1 Å². The quantitative estimate of drug-likeness (QED) is 0.149. The Balaban J connectivity index is 1.51. The maximum Gasteiger partial charge on any atom is 0.271 e. The van der Waals surface area contributed by atoms with Gasteiger partial charge in [0.05, 0.1) is 26.8 Å². The number of benzene rings is 3. The van der Waals surface area contributed by atoms with Gasteiger partial charge >= 0.3 is 0 Å². The molecule has 0 spiro atoms. The van der Waals surface area contributed by atoms with Crippen molar-refractivity contribution in [3.8, 4) is 0 Å². The third-order valence-electron chi connectivity index (χ3n) is 7.03. The van der Waals surface area contributed by atoms with Crippen LogP contribution in [-0.4, -0.2) is 25.4 Å². The lowest BCUT2D eigenvalue weighted by molar-refractivity contribution is -0.384. The maximum atomic E-state index is 14.1. The molecule has 3 heterocycles. The number of anilines is 1. The molecule has 230 valence electrons. The SMILES string of the molecule is CC1=C(C(=O)Nc2ccccc2)[C@@H](c2ccc(F)cc2)n2c(s/c(=C/c3cc([N+](=O)[O-])ccc3Sc3nc(C)cc(=O)[nH]3)c2=O)=N1. The first-order valence-corrected chi connectivity index (χ1v) is 15.4. The number of fused-ring (bicyclic) bond motifs is 1. The lowest BCUT2D eigenvalue weighted by atomic mass is 9.95. The smallest absolute Gasteiger partial charge is 0.271 e. The number of thiazole rings is 1. The van der Waals surface area contributed by atoms with Gasteiger partial charge in [0, 0.05) is 34.5 Å². The van der Waals surface area contributed by atoms with E-state index >= 15 is 0 Å². The van der Waals surface area contributed by atoms with Gasteiger partial charge in [0.2, 0.25) is 0 Å². The van der Waals surface area contributed by atoms with Gasteiger partial charge in [-0.25, -0.2) is 14.4 Å². The molecule has 1 atom stereocenters. The number of non-ortho nitro benzene ring substituents is 1. The monoisotopic (exact) mass is 654 g/mol. The van der Waals surface area contributed by atoms with Crippen molar-refractivity contribution in [3.63, 3.8) is 0 Å². The van der Waals surface area contributed by atoms with Crippen LogP contribution in [0.4, 0.5) is 15.8 Å². The molecule has 0 radical (unpaired) electrons. The van der Waals surface area contributed by atoms with Crippen LogP contribution in [0.25, 0.3) is 6.08 Å². The first-order chi connectivity index (χ1) is 22.1. The zero-order valence-electron chi connectivity index (χ0n) is 24.2. The molecule has 2 aromatic heterocycles. The molecule has 2 N–H and O–H groups in total. The number of H-pyrrole nitrogens is 1. The number of hydrogen-bond donors (Lipinski definition) is 2. The van der Waals surface area contributed by atoms with E-state index < -0.39 is 28.2 Å². The Labute approximate surface area is 267 Å². The predicted octanol–water partition coefficient (Wildman–Crippen LogP) is 4.46. The van der Waals surface area contributed by atoms with Crippen molar-refractivity contribution in [2.75, 3.05) is 5.32 Å². The number of nitro groups is 1. The summed E-state index contributed by atoms with van der Waals surface area (Å²) < 4.78 is 15.5. The summed E-state index contributed by atoms with van der Waals surface area (Å²) in [5, 5.41) is 14.8. The summed E-state index contributed by atoms with van der Waals surface area (Å²) in [5.41, 5.74) is 1.39. The summed E-state index contributed by atoms with van der Waals surface area (Å²) in [6.45, 7) is 3.34. The van der Waals surface area contributed by atoms with Crippen molar-refractivity contribution in [2.45, 2.75) is 29.9 Å². The number of allylic oxidation sites excluding steroid dienone is 1. The number of nitrogens with zero attached hydrogens (tertiary/aromatic N) is 4. The third kappa shape index (κ3) is 6.20. The highest BCUT2D eigenvalue weighted by Crippen LogP contribution is 2.32. The van der Waals surface area contributed by atoms with Gasteiger partial charge in [-0.05, 0) is 61.4 Å². The van der Waals surface area contributed by atoms with Crippen LogP contribution in [0.5, 0.6) is 0 Å². The summed E-state index contributed by atoms with van der Waals surface area (Å²) in [6.07, 6.45) is 1.51. The van der Waals surface area contributed by atoms with Crippen molar-refractivity contribution in [3.05, 3.63) is 153 Å². The summed E-state index contributed by atoms with van der Waals surface area (Å²) in [7, 11) is 0. The molecule has 5 aromatic rings. The minimum atomic E-state index is -0.941. The van der Waals surface area contributed by atoms with Crippen LogP contribution in [0, 0.1) is 22.9 Å². The van der Waals surface area contributed by atoms with Gasteiger partial charge < -0.3 is 10.3 Å². The molecule has 1 aliphatic rings. The second-order valence-corrected chi connectivity index (χ2v) is 12.3. The molecule has 3 aromatic carbocycles. The van der Waals surface area contributed by atoms with Crippen LogP contribution in [0.15, 0.2) is 115 Å². The standard InChI is InChI=1S/C32H23FN6O5S2/c1-17-14-26(40)37-31(34-17)45-24-13-12-23(39(43)44)15-20(24)16-25-30(42)38-28(19-8-10-21(33)11-9-19)27(18(2)35-32(38)46-25)29(41)36-22-6-4-3-5-7-22/h3-16,28H,1-2H3,(H,36,41)(H,34,37,40)/b25-16+/t28-/m1/s1. The van der Waals surface area contributed by atoms with E-state index in [0.29, 0.717) is 37.9 Å². The largest absolute Gasteiger partial charge is 0.322 e. The van der Waals surface area contributed by atoms with Crippen molar-refractivity contribution in [1.29, 1.82) is 0 Å². The predicted molar refractivity (Wildman–Crippen MR) is 172 cm³/mol. The van der Waals surface area contributed by atoms with Gasteiger partial charge in [-0.1, -0.05) is 53.4 Å². The molecule has 0 fully saturated rings. The van der Waals surface area contributed by atoms with Gasteiger partial charge in [0.25, 0.3) is 22.7 Å². The number of carbonyl (C=O) groups excluding carboxylic acids is 1. The normalized spacial score (nSPS) is 14.5. The molecule has 0 unspecified atom stereocenters. The summed E-state index contributed by atoms with van der Waals surface area (Å²) >= 11 is 2.13. The Bertz CT molecular complexity index is 2300. The van der Waals surface area contributed by atoms with Crippen LogP contribution in [0.1, 0.15) is 29.8 Å². The van der Waals surface area contributed by atoms with E-state index in [1.54, 1.807) is 38.1 Å². The summed E-state index contributed by atoms with van der Waals surface area (Å²) in [4.78, 5) is 63.3. The van der Waals surface area contributed by atoms with Gasteiger partial charge in [0.15, 0.2) is 9.96 Å². The van der Waals surface area contributed by atoms with Crippen LogP contribution < -0.4 is 25.8 Å². The highest BCUT2D eigenvalue weighted by atomic mass is 32.2. The number of nitro benzene ring substituents is 1. The number of rotatable bonds is 7. The molecule has 0 aliphatic carbocycles. The average molecular weight is 655 g/mol. The second kappa shape index (κ2) is 12.5. The zero-order valence-corrected chi connectivity index (χ0v) is 25.8. The molecule has 11 nitrogen and oxygen atoms in total. The van der Waals surface area contributed by atoms with Crippen LogP contribution >= 0.6 is 23.1 Å². The van der Waals surface area contributed by atoms with Crippen molar-refractivity contribution >= 4 is 46.5 Å². The fraction of sp³-hybridized carbons (Fsp3) is 0.0938. The third-order valence-corrected chi connectivity index (χ3v) is 8.99. The highest BCUT2D eigenvalue weighted by Gasteiger charge is 2.32. The van der Waals surface area contributed by atoms with Crippen LogP contribution in [-0.2, 0) is 4.79 Å². The molecule has 0 saturated carbocycles. The van der Waals surface area contributed by atoms with Gasteiger partial charge in [-0.2, -0.15) is 0 Å². The molecule has 6 rings (SSSR count). The molecular formula is C32H23FN6O5S2. The van der Waals surface area contributed by atoms with Crippen molar-refractivity contribution in [2.24, 2.45) is 4.99 Å². The van der Waals surface area contributed by atoms with Crippen molar-refractivity contribution in [1.82, 2.24) is 14.5 Å². The Morgan fingerprint density at radius 2 is 1.83 bits per heavy atom. The number of para-hydroxylation sites is 1. The number of amides is 1. The number of hydrogen-bond acceptors (Lipinski definition) is 9. The number of nitrogens with one attached hydrogen (secondary N) is 2. The minimum Gasteiger partial charge on any atom is -0.322 e. The fourth-order valence-electron chi connectivity index (χ4n) is 4.99. The average Bonchev–Trinajstić information content (AvgIpc) is 3.31. The van der Waals surface area contributed by atoms with Crippen LogP contribution in [0.3, 0.4) is 0 Å². The maximum absolute atomic E-state index is 14.1. The first-order valence-electron chi connectivity index (χ1n) is 13.8. The number of aromatic amines is 1. The minimum absolute atomic E-state index is 0.191. The molecule has 0 saturated heterocycles. The van der Waals surface area contributed by atoms with E-state index in [1.807, 2.05) is 6.07 Å². The molecule has 14 heteroatoms. The van der Waals surface area contributed by atoms with Crippen LogP contribution in [0.2, 0.25) is 0 Å². The molecule has 1 aliphatic heterocycles. The van der Waals surface area contributed by atoms with E-state index in [1.165, 1.54) is 59.2 Å². The molecule has 46 heavy (non-hydrogen) atoms. The number of aryl methyl sites for hydroxylation is 1. The lowest BCUT2D eigenvalue weighted by Crippen LogP contribution is -2.40. The highest BCUT2D eigenvalue weighted by molar-refractivity contribution is 7.99. The van der Waals surface area contributed by atoms with E-state index in [9.17, 15) is 28.9 Å². The topological polar surface area (TPSA) is 152 Å². The lowest BCUT2D eigenvalue weighted by Gasteiger charge is -2.25. The first kappa shape index (κ1) is 30.6. The second-order valence-electron chi connectivity index (χ2n) is 10.2. The Hall–Kier alpha value is -5.47. The van der Waals surface area contributed by atoms with Gasteiger partial charge in [0.1, 0.15) is 5.82 Å². The van der Waals surface area contributed by atoms with Gasteiger partial charge in [-0.3, -0.25) is 29.1 Å². The van der Waals surface area contributed by atoms with Gasteiger partial charge in [-0.15, -0.1) is 0 Å². The fourth-order valence-corrected chi connectivity index (χ4v) is 6.95. The van der Waals surface area contributed by atoms with E-state index in [-0.39, 0.29) is 26.5 Å².